The molecule has 1 heterocycles. The Bertz CT molecular complexity index is 602. The molecule has 0 saturated carbocycles. The van der Waals surface area contributed by atoms with Gasteiger partial charge in [0.25, 0.3) is 0 Å². The van der Waals surface area contributed by atoms with Crippen LogP contribution in [0.1, 0.15) is 43.4 Å². The van der Waals surface area contributed by atoms with Crippen LogP contribution in [0.4, 0.5) is 0 Å². The fraction of sp³-hybridized carbons (Fsp3) is 0.474. The quantitative estimate of drug-likeness (QED) is 0.899. The van der Waals surface area contributed by atoms with Gasteiger partial charge in [0.05, 0.1) is 12.1 Å². The van der Waals surface area contributed by atoms with Crippen LogP contribution in [-0.4, -0.2) is 19.3 Å². The molecule has 0 aliphatic carbocycles. The van der Waals surface area contributed by atoms with E-state index in [9.17, 15) is 0 Å². The van der Waals surface area contributed by atoms with E-state index < -0.39 is 0 Å². The maximum Gasteiger partial charge on any atom is 0.0769 e. The van der Waals surface area contributed by atoms with Crippen LogP contribution in [0.2, 0.25) is 0 Å². The fourth-order valence-electron chi connectivity index (χ4n) is 3.43. The van der Waals surface area contributed by atoms with Crippen LogP contribution in [0.3, 0.4) is 0 Å². The van der Waals surface area contributed by atoms with Crippen molar-refractivity contribution >= 4 is 10.8 Å². The van der Waals surface area contributed by atoms with Crippen LogP contribution in [0, 0.1) is 6.92 Å². The smallest absolute Gasteiger partial charge is 0.0769 e. The predicted molar refractivity (Wildman–Crippen MR) is 88.7 cm³/mol. The van der Waals surface area contributed by atoms with Crippen molar-refractivity contribution in [2.75, 3.05) is 13.2 Å². The van der Waals surface area contributed by atoms with Gasteiger partial charge in [0.1, 0.15) is 0 Å². The van der Waals surface area contributed by atoms with E-state index in [4.69, 9.17) is 4.74 Å². The molecular formula is C19H25NO. The summed E-state index contributed by atoms with van der Waals surface area (Å²) in [6.45, 7) is 6.22. The Balaban J connectivity index is 2.04. The predicted octanol–water partition coefficient (Wildman–Crippen LogP) is 4.37. The lowest BCUT2D eigenvalue weighted by Crippen LogP contribution is -2.36. The highest BCUT2D eigenvalue weighted by atomic mass is 16.5. The third kappa shape index (κ3) is 2.97. The van der Waals surface area contributed by atoms with Crippen LogP contribution < -0.4 is 5.32 Å². The average Bonchev–Trinajstić information content (AvgIpc) is 2.55. The SMILES string of the molecule is CCNC(c1ccc(C)c2ccccc12)C1CCCCO1. The summed E-state index contributed by atoms with van der Waals surface area (Å²) < 4.78 is 6.06. The molecule has 0 radical (unpaired) electrons. The molecule has 1 aliphatic heterocycles. The number of benzene rings is 2. The molecule has 2 unspecified atom stereocenters. The molecule has 1 aliphatic rings. The minimum absolute atomic E-state index is 0.292. The zero-order chi connectivity index (χ0) is 14.7. The second-order valence-corrected chi connectivity index (χ2v) is 5.96. The van der Waals surface area contributed by atoms with Crippen molar-refractivity contribution in [3.05, 3.63) is 47.5 Å². The highest BCUT2D eigenvalue weighted by molar-refractivity contribution is 5.89. The molecule has 1 saturated heterocycles. The second-order valence-electron chi connectivity index (χ2n) is 5.96. The number of hydrogen-bond acceptors (Lipinski definition) is 2. The van der Waals surface area contributed by atoms with E-state index >= 15 is 0 Å². The first kappa shape index (κ1) is 14.6. The van der Waals surface area contributed by atoms with E-state index in [-0.39, 0.29) is 0 Å². The second kappa shape index (κ2) is 6.59. The Morgan fingerprint density at radius 3 is 2.67 bits per heavy atom. The van der Waals surface area contributed by atoms with Gasteiger partial charge in [-0.05, 0) is 54.6 Å². The van der Waals surface area contributed by atoms with Gasteiger partial charge in [0.2, 0.25) is 0 Å². The molecule has 3 rings (SSSR count). The molecule has 2 aromatic carbocycles. The monoisotopic (exact) mass is 283 g/mol. The van der Waals surface area contributed by atoms with Gasteiger partial charge >= 0.3 is 0 Å². The Morgan fingerprint density at radius 1 is 1.14 bits per heavy atom. The van der Waals surface area contributed by atoms with Gasteiger partial charge in [-0.25, -0.2) is 0 Å². The van der Waals surface area contributed by atoms with Crippen LogP contribution in [0.25, 0.3) is 10.8 Å². The summed E-state index contributed by atoms with van der Waals surface area (Å²) in [4.78, 5) is 0. The molecule has 2 aromatic rings. The lowest BCUT2D eigenvalue weighted by molar-refractivity contribution is -0.00756. The molecule has 1 N–H and O–H groups in total. The van der Waals surface area contributed by atoms with Gasteiger partial charge < -0.3 is 10.1 Å². The van der Waals surface area contributed by atoms with Crippen molar-refractivity contribution in [3.8, 4) is 0 Å². The van der Waals surface area contributed by atoms with Gasteiger partial charge in [-0.1, -0.05) is 43.3 Å². The Hall–Kier alpha value is -1.38. The Morgan fingerprint density at radius 2 is 1.95 bits per heavy atom. The molecule has 2 atom stereocenters. The molecule has 2 nitrogen and oxygen atoms in total. The number of likely N-dealkylation sites (N-methyl/N-ethyl adjacent to an activating group) is 1. The van der Waals surface area contributed by atoms with Crippen LogP contribution >= 0.6 is 0 Å². The molecule has 0 spiro atoms. The van der Waals surface area contributed by atoms with Crippen LogP contribution in [-0.2, 0) is 4.74 Å². The zero-order valence-corrected chi connectivity index (χ0v) is 13.1. The average molecular weight is 283 g/mol. The summed E-state index contributed by atoms with van der Waals surface area (Å²) in [7, 11) is 0. The summed E-state index contributed by atoms with van der Waals surface area (Å²) >= 11 is 0. The zero-order valence-electron chi connectivity index (χ0n) is 13.1. The summed E-state index contributed by atoms with van der Waals surface area (Å²) in [5.41, 5.74) is 2.72. The lowest BCUT2D eigenvalue weighted by Gasteiger charge is -2.32. The van der Waals surface area contributed by atoms with E-state index in [2.05, 4.69) is 55.6 Å². The Kier molecular flexibility index (Phi) is 4.57. The molecular weight excluding hydrogens is 258 g/mol. The highest BCUT2D eigenvalue weighted by Crippen LogP contribution is 2.32. The number of rotatable bonds is 4. The molecule has 0 bridgehead atoms. The van der Waals surface area contributed by atoms with Crippen molar-refractivity contribution in [3.63, 3.8) is 0 Å². The summed E-state index contributed by atoms with van der Waals surface area (Å²) in [6, 6.07) is 13.5. The Labute approximate surface area is 127 Å². The van der Waals surface area contributed by atoms with Gasteiger partial charge in [-0.15, -0.1) is 0 Å². The topological polar surface area (TPSA) is 21.3 Å². The lowest BCUT2D eigenvalue weighted by atomic mass is 9.90. The third-order valence-corrected chi connectivity index (χ3v) is 4.52. The summed E-state index contributed by atoms with van der Waals surface area (Å²) in [5, 5.41) is 6.37. The van der Waals surface area contributed by atoms with Crippen LogP contribution in [0.5, 0.6) is 0 Å². The number of aryl methyl sites for hydroxylation is 1. The van der Waals surface area contributed by atoms with E-state index in [1.807, 2.05) is 0 Å². The molecule has 112 valence electrons. The largest absolute Gasteiger partial charge is 0.376 e. The molecule has 21 heavy (non-hydrogen) atoms. The van der Waals surface area contributed by atoms with Crippen molar-refractivity contribution < 1.29 is 4.74 Å². The van der Waals surface area contributed by atoms with Gasteiger partial charge in [-0.3, -0.25) is 0 Å². The number of ether oxygens (including phenoxy) is 1. The fourth-order valence-corrected chi connectivity index (χ4v) is 3.43. The summed E-state index contributed by atoms with van der Waals surface area (Å²) in [6.07, 6.45) is 3.92. The van der Waals surface area contributed by atoms with Gasteiger partial charge in [-0.2, -0.15) is 0 Å². The standard InChI is InChI=1S/C19H25NO/c1-3-20-19(18-10-6-7-13-21-18)17-12-11-14(2)15-8-4-5-9-16(15)17/h4-5,8-9,11-12,18-20H,3,6-7,10,13H2,1-2H3. The normalized spacial score (nSPS) is 20.6. The maximum atomic E-state index is 6.06. The van der Waals surface area contributed by atoms with Crippen LogP contribution in [0.15, 0.2) is 36.4 Å². The van der Waals surface area contributed by atoms with Crippen molar-refractivity contribution in [1.29, 1.82) is 0 Å². The molecule has 0 amide bonds. The minimum Gasteiger partial charge on any atom is -0.376 e. The third-order valence-electron chi connectivity index (χ3n) is 4.52. The molecule has 1 fully saturated rings. The van der Waals surface area contributed by atoms with E-state index in [0.717, 1.165) is 19.6 Å². The first-order chi connectivity index (χ1) is 10.3. The number of nitrogens with one attached hydrogen (secondary N) is 1. The number of fused-ring (bicyclic) bond motifs is 1. The minimum atomic E-state index is 0.292. The van der Waals surface area contributed by atoms with E-state index in [1.54, 1.807) is 0 Å². The first-order valence-corrected chi connectivity index (χ1v) is 8.14. The highest BCUT2D eigenvalue weighted by Gasteiger charge is 2.26. The first-order valence-electron chi connectivity index (χ1n) is 8.14. The van der Waals surface area contributed by atoms with Gasteiger partial charge in [0, 0.05) is 6.61 Å². The van der Waals surface area contributed by atoms with Crippen molar-refractivity contribution in [2.45, 2.75) is 45.3 Å². The van der Waals surface area contributed by atoms with Crippen molar-refractivity contribution in [2.24, 2.45) is 0 Å². The number of hydrogen-bond donors (Lipinski definition) is 1. The van der Waals surface area contributed by atoms with E-state index in [0.29, 0.717) is 12.1 Å². The van der Waals surface area contributed by atoms with Gasteiger partial charge in [0.15, 0.2) is 0 Å². The molecule has 2 heteroatoms. The van der Waals surface area contributed by atoms with E-state index in [1.165, 1.54) is 34.7 Å². The van der Waals surface area contributed by atoms with Crippen molar-refractivity contribution in [1.82, 2.24) is 5.32 Å². The molecule has 0 aromatic heterocycles. The summed E-state index contributed by atoms with van der Waals surface area (Å²) in [5.74, 6) is 0. The maximum absolute atomic E-state index is 6.06.